The van der Waals surface area contributed by atoms with E-state index in [4.69, 9.17) is 0 Å². The van der Waals surface area contributed by atoms with E-state index in [2.05, 4.69) is 19.7 Å². The van der Waals surface area contributed by atoms with Gasteiger partial charge in [-0.3, -0.25) is 10.1 Å². The molecule has 1 saturated carbocycles. The summed E-state index contributed by atoms with van der Waals surface area (Å²) in [6.45, 7) is 1.32. The van der Waals surface area contributed by atoms with Crippen LogP contribution in [0.25, 0.3) is 0 Å². The Morgan fingerprint density at radius 2 is 2.16 bits per heavy atom. The van der Waals surface area contributed by atoms with E-state index in [1.165, 1.54) is 18.9 Å². The number of rotatable bonds is 5. The minimum Gasteiger partial charge on any atom is -0.392 e. The average molecular weight is 343 g/mol. The second-order valence-electron chi connectivity index (χ2n) is 6.85. The van der Waals surface area contributed by atoms with Crippen LogP contribution in [0.2, 0.25) is 0 Å². The lowest BCUT2D eigenvalue weighted by molar-refractivity contribution is -0.384. The molecule has 2 aliphatic rings. The van der Waals surface area contributed by atoms with Crippen molar-refractivity contribution in [2.75, 3.05) is 18.0 Å². The van der Waals surface area contributed by atoms with Gasteiger partial charge in [0, 0.05) is 31.1 Å². The first-order valence-corrected chi connectivity index (χ1v) is 8.70. The molecule has 1 unspecified atom stereocenters. The van der Waals surface area contributed by atoms with Crippen molar-refractivity contribution in [2.24, 2.45) is 0 Å². The van der Waals surface area contributed by atoms with Gasteiger partial charge in [-0.25, -0.2) is 0 Å². The first-order chi connectivity index (χ1) is 12.2. The fourth-order valence-corrected chi connectivity index (χ4v) is 3.66. The van der Waals surface area contributed by atoms with E-state index in [0.29, 0.717) is 23.8 Å². The molecular formula is C17H21N5O3. The Balaban J connectivity index is 1.63. The Morgan fingerprint density at radius 3 is 2.88 bits per heavy atom. The van der Waals surface area contributed by atoms with Crippen LogP contribution in [-0.4, -0.2) is 37.9 Å². The van der Waals surface area contributed by atoms with E-state index < -0.39 is 0 Å². The summed E-state index contributed by atoms with van der Waals surface area (Å²) in [6.07, 6.45) is 6.11. The monoisotopic (exact) mass is 343 g/mol. The van der Waals surface area contributed by atoms with Gasteiger partial charge in [0.05, 0.1) is 11.5 Å². The standard InChI is InChI=1S/C17H21N5O3/c23-10-12-3-6-15(22(24)25)16(8-12)20-7-1-2-13(9-20)17-19-18-11-21(17)14-4-5-14/h3,6,8,11,13-14,23H,1-2,4-5,7,9-10H2. The summed E-state index contributed by atoms with van der Waals surface area (Å²) in [4.78, 5) is 13.1. The summed E-state index contributed by atoms with van der Waals surface area (Å²) in [5, 5.41) is 29.2. The predicted molar refractivity (Wildman–Crippen MR) is 91.5 cm³/mol. The van der Waals surface area contributed by atoms with Gasteiger partial charge in [-0.2, -0.15) is 0 Å². The normalized spacial score (nSPS) is 20.7. The number of aliphatic hydroxyl groups excluding tert-OH is 1. The molecule has 2 fully saturated rings. The molecule has 0 bridgehead atoms. The summed E-state index contributed by atoms with van der Waals surface area (Å²) >= 11 is 0. The Bertz CT molecular complexity index is 786. The first kappa shape index (κ1) is 16.0. The van der Waals surface area contributed by atoms with Gasteiger partial charge in [0.25, 0.3) is 5.69 Å². The Hall–Kier alpha value is -2.48. The summed E-state index contributed by atoms with van der Waals surface area (Å²) in [5.74, 6) is 1.21. The summed E-state index contributed by atoms with van der Waals surface area (Å²) in [5.41, 5.74) is 1.35. The fourth-order valence-electron chi connectivity index (χ4n) is 3.66. The van der Waals surface area contributed by atoms with Crippen LogP contribution in [0.5, 0.6) is 0 Å². The van der Waals surface area contributed by atoms with Gasteiger partial charge < -0.3 is 14.6 Å². The summed E-state index contributed by atoms with van der Waals surface area (Å²) in [7, 11) is 0. The largest absolute Gasteiger partial charge is 0.392 e. The Kier molecular flexibility index (Phi) is 4.12. The number of nitro groups is 1. The number of nitrogens with zero attached hydrogens (tertiary/aromatic N) is 5. The molecule has 0 spiro atoms. The van der Waals surface area contributed by atoms with Crippen molar-refractivity contribution in [1.82, 2.24) is 14.8 Å². The second kappa shape index (κ2) is 6.44. The van der Waals surface area contributed by atoms with Crippen molar-refractivity contribution in [1.29, 1.82) is 0 Å². The first-order valence-electron chi connectivity index (χ1n) is 8.70. The van der Waals surface area contributed by atoms with Crippen molar-refractivity contribution < 1.29 is 10.0 Å². The molecule has 8 nitrogen and oxygen atoms in total. The van der Waals surface area contributed by atoms with Gasteiger partial charge in [-0.05, 0) is 43.4 Å². The third-order valence-electron chi connectivity index (χ3n) is 5.09. The predicted octanol–water partition coefficient (Wildman–Crippen LogP) is 2.40. The maximum atomic E-state index is 11.4. The highest BCUT2D eigenvalue weighted by Crippen LogP contribution is 2.39. The number of aromatic nitrogens is 3. The van der Waals surface area contributed by atoms with Gasteiger partial charge in [-0.1, -0.05) is 0 Å². The lowest BCUT2D eigenvalue weighted by Gasteiger charge is -2.34. The zero-order valence-electron chi connectivity index (χ0n) is 13.9. The molecule has 1 aromatic carbocycles. The van der Waals surface area contributed by atoms with Gasteiger partial charge >= 0.3 is 0 Å². The molecule has 132 valence electrons. The van der Waals surface area contributed by atoms with Crippen molar-refractivity contribution in [3.05, 3.63) is 46.0 Å². The number of benzene rings is 1. The van der Waals surface area contributed by atoms with Crippen molar-refractivity contribution in [3.63, 3.8) is 0 Å². The average Bonchev–Trinajstić information content (AvgIpc) is 3.37. The van der Waals surface area contributed by atoms with E-state index >= 15 is 0 Å². The van der Waals surface area contributed by atoms with Crippen LogP contribution in [0.15, 0.2) is 24.5 Å². The van der Waals surface area contributed by atoms with Gasteiger partial charge in [0.15, 0.2) is 0 Å². The maximum absolute atomic E-state index is 11.4. The molecule has 1 aliphatic heterocycles. The highest BCUT2D eigenvalue weighted by Gasteiger charge is 2.32. The van der Waals surface area contributed by atoms with E-state index in [1.54, 1.807) is 18.5 Å². The van der Waals surface area contributed by atoms with Crippen molar-refractivity contribution in [3.8, 4) is 0 Å². The number of piperidine rings is 1. The third-order valence-corrected chi connectivity index (χ3v) is 5.09. The highest BCUT2D eigenvalue weighted by molar-refractivity contribution is 5.65. The van der Waals surface area contributed by atoms with Crippen LogP contribution in [0, 0.1) is 10.1 Å². The Morgan fingerprint density at radius 1 is 1.32 bits per heavy atom. The van der Waals surface area contributed by atoms with Gasteiger partial charge in [-0.15, -0.1) is 10.2 Å². The molecule has 1 aromatic heterocycles. The molecule has 1 atom stereocenters. The van der Waals surface area contributed by atoms with E-state index in [0.717, 1.165) is 25.2 Å². The molecule has 1 N–H and O–H groups in total. The van der Waals surface area contributed by atoms with E-state index in [1.807, 2.05) is 0 Å². The third kappa shape index (κ3) is 3.09. The molecule has 0 radical (unpaired) electrons. The molecule has 1 saturated heterocycles. The van der Waals surface area contributed by atoms with Crippen LogP contribution in [0.4, 0.5) is 11.4 Å². The van der Waals surface area contributed by atoms with Crippen LogP contribution < -0.4 is 4.90 Å². The zero-order valence-corrected chi connectivity index (χ0v) is 13.9. The van der Waals surface area contributed by atoms with Crippen molar-refractivity contribution in [2.45, 2.75) is 44.2 Å². The van der Waals surface area contributed by atoms with E-state index in [9.17, 15) is 15.2 Å². The minimum absolute atomic E-state index is 0.0847. The smallest absolute Gasteiger partial charge is 0.292 e. The SMILES string of the molecule is O=[N+]([O-])c1ccc(CO)cc1N1CCCC(c2nncn2C2CC2)C1. The zero-order chi connectivity index (χ0) is 17.4. The highest BCUT2D eigenvalue weighted by atomic mass is 16.6. The van der Waals surface area contributed by atoms with Crippen LogP contribution in [0.3, 0.4) is 0 Å². The van der Waals surface area contributed by atoms with Gasteiger partial charge in [0.1, 0.15) is 17.8 Å². The number of nitro benzene ring substituents is 1. The molecule has 25 heavy (non-hydrogen) atoms. The molecule has 4 rings (SSSR count). The molecule has 8 heteroatoms. The van der Waals surface area contributed by atoms with Crippen LogP contribution >= 0.6 is 0 Å². The van der Waals surface area contributed by atoms with E-state index in [-0.39, 0.29) is 23.1 Å². The van der Waals surface area contributed by atoms with Crippen LogP contribution in [0.1, 0.15) is 49.0 Å². The maximum Gasteiger partial charge on any atom is 0.292 e. The minimum atomic E-state index is -0.354. The summed E-state index contributed by atoms with van der Waals surface area (Å²) < 4.78 is 2.17. The number of aliphatic hydroxyl groups is 1. The van der Waals surface area contributed by atoms with Crippen molar-refractivity contribution >= 4 is 11.4 Å². The number of anilines is 1. The lowest BCUT2D eigenvalue weighted by atomic mass is 9.96. The number of hydrogen-bond acceptors (Lipinski definition) is 6. The quantitative estimate of drug-likeness (QED) is 0.661. The fraction of sp³-hybridized carbons (Fsp3) is 0.529. The molecule has 2 heterocycles. The van der Waals surface area contributed by atoms with Gasteiger partial charge in [0.2, 0.25) is 0 Å². The molecular weight excluding hydrogens is 322 g/mol. The Labute approximate surface area is 145 Å². The summed E-state index contributed by atoms with van der Waals surface area (Å²) in [6, 6.07) is 5.34. The molecule has 1 aliphatic carbocycles. The second-order valence-corrected chi connectivity index (χ2v) is 6.85. The lowest BCUT2D eigenvalue weighted by Crippen LogP contribution is -2.35. The molecule has 0 amide bonds. The van der Waals surface area contributed by atoms with Crippen LogP contribution in [-0.2, 0) is 6.61 Å². The molecule has 2 aromatic rings. The number of hydrogen-bond donors (Lipinski definition) is 1. The topological polar surface area (TPSA) is 97.3 Å².